The van der Waals surface area contributed by atoms with Crippen molar-refractivity contribution in [2.24, 2.45) is 0 Å². The fraction of sp³-hybridized carbons (Fsp3) is 0.128. The van der Waals surface area contributed by atoms with Gasteiger partial charge in [-0.2, -0.15) is 0 Å². The van der Waals surface area contributed by atoms with E-state index in [0.29, 0.717) is 0 Å². The van der Waals surface area contributed by atoms with Crippen LogP contribution in [-0.4, -0.2) is 6.85 Å². The number of nitrogens with zero attached hydrogens (tertiary/aromatic N) is 2. The van der Waals surface area contributed by atoms with Gasteiger partial charge in [0.15, 0.2) is 0 Å². The lowest BCUT2D eigenvalue weighted by atomic mass is 9.43. The molecule has 8 rings (SSSR count). The zero-order valence-electron chi connectivity index (χ0n) is 24.6. The number of rotatable bonds is 2. The number of hydrogen-bond donors (Lipinski definition) is 0. The van der Waals surface area contributed by atoms with Gasteiger partial charge in [0.25, 0.3) is 0 Å². The molecular formula is C39H33BN2. The summed E-state index contributed by atoms with van der Waals surface area (Å²) in [5.74, 6) is 0. The summed E-state index contributed by atoms with van der Waals surface area (Å²) in [4.78, 5) is 5.10. The molecule has 0 atom stereocenters. The SMILES string of the molecule is Cc1ccc(N2B3c4ccccc4N(c4ccc5ccccc5c4C(C)(C)C)c4cccc(c43)-c3ccccc32)cc1. The number of anilines is 5. The lowest BCUT2D eigenvalue weighted by Gasteiger charge is -2.46. The largest absolute Gasteiger partial charge is 0.376 e. The van der Waals surface area contributed by atoms with Crippen LogP contribution in [0.25, 0.3) is 21.9 Å². The molecule has 0 aromatic heterocycles. The van der Waals surface area contributed by atoms with Crippen molar-refractivity contribution >= 4 is 57.0 Å². The first kappa shape index (κ1) is 25.0. The smallest absolute Gasteiger partial charge is 0.333 e. The van der Waals surface area contributed by atoms with E-state index < -0.39 is 0 Å². The maximum absolute atomic E-state index is 2.56. The molecule has 2 aliphatic heterocycles. The standard InChI is InChI=1S/C39H33BN2/c1-26-20-23-28(24-21-26)42-33-17-9-7-14-30(33)31-15-11-19-36-38(31)40(42)32-16-8-10-18-34(32)41(36)35-25-22-27-12-5-6-13-29(27)37(35)39(2,3)4/h5-25H,1-4H3. The van der Waals surface area contributed by atoms with E-state index in [1.54, 1.807) is 0 Å². The van der Waals surface area contributed by atoms with Crippen LogP contribution in [0.3, 0.4) is 0 Å². The van der Waals surface area contributed by atoms with E-state index in [4.69, 9.17) is 0 Å². The van der Waals surface area contributed by atoms with Crippen molar-refractivity contribution in [1.29, 1.82) is 0 Å². The van der Waals surface area contributed by atoms with Crippen molar-refractivity contribution in [3.8, 4) is 11.1 Å². The third kappa shape index (κ3) is 3.59. The summed E-state index contributed by atoms with van der Waals surface area (Å²) in [5.41, 5.74) is 14.1. The summed E-state index contributed by atoms with van der Waals surface area (Å²) in [5, 5.41) is 2.60. The topological polar surface area (TPSA) is 6.48 Å². The van der Waals surface area contributed by atoms with E-state index >= 15 is 0 Å². The van der Waals surface area contributed by atoms with Gasteiger partial charge < -0.3 is 9.71 Å². The zero-order chi connectivity index (χ0) is 28.6. The lowest BCUT2D eigenvalue weighted by Crippen LogP contribution is -2.61. The minimum Gasteiger partial charge on any atom is -0.376 e. The van der Waals surface area contributed by atoms with E-state index in [1.807, 2.05) is 0 Å². The Morgan fingerprint density at radius 2 is 1.21 bits per heavy atom. The van der Waals surface area contributed by atoms with Crippen molar-refractivity contribution < 1.29 is 0 Å². The van der Waals surface area contributed by atoms with Gasteiger partial charge in [-0.05, 0) is 81.6 Å². The van der Waals surface area contributed by atoms with Crippen LogP contribution < -0.4 is 20.6 Å². The Balaban J connectivity index is 1.48. The van der Waals surface area contributed by atoms with Gasteiger partial charge in [-0.25, -0.2) is 0 Å². The average molecular weight is 541 g/mol. The van der Waals surface area contributed by atoms with Gasteiger partial charge in [0.2, 0.25) is 0 Å². The van der Waals surface area contributed by atoms with E-state index in [0.717, 1.165) is 0 Å². The van der Waals surface area contributed by atoms with Crippen LogP contribution in [0, 0.1) is 6.92 Å². The lowest BCUT2D eigenvalue weighted by molar-refractivity contribution is 0.596. The fourth-order valence-corrected chi connectivity index (χ4v) is 7.28. The van der Waals surface area contributed by atoms with Crippen molar-refractivity contribution in [1.82, 2.24) is 0 Å². The molecule has 2 heterocycles. The normalized spacial score (nSPS) is 13.6. The molecule has 0 N–H and O–H groups in total. The molecule has 202 valence electrons. The predicted molar refractivity (Wildman–Crippen MR) is 181 cm³/mol. The predicted octanol–water partition coefficient (Wildman–Crippen LogP) is 9.15. The Hall–Kier alpha value is -4.76. The van der Waals surface area contributed by atoms with E-state index in [2.05, 4.69) is 165 Å². The number of para-hydroxylation sites is 2. The summed E-state index contributed by atoms with van der Waals surface area (Å²) in [6.45, 7) is 9.23. The first-order valence-corrected chi connectivity index (χ1v) is 14.9. The molecule has 0 fully saturated rings. The molecule has 6 aromatic rings. The van der Waals surface area contributed by atoms with Gasteiger partial charge in [0.05, 0.1) is 5.69 Å². The molecule has 6 aromatic carbocycles. The van der Waals surface area contributed by atoms with E-state index in [-0.39, 0.29) is 12.3 Å². The quantitative estimate of drug-likeness (QED) is 0.202. The third-order valence-electron chi connectivity index (χ3n) is 8.99. The highest BCUT2D eigenvalue weighted by molar-refractivity contribution is 6.93. The summed E-state index contributed by atoms with van der Waals surface area (Å²) >= 11 is 0. The van der Waals surface area contributed by atoms with Gasteiger partial charge >= 0.3 is 6.85 Å². The van der Waals surface area contributed by atoms with Crippen molar-refractivity contribution in [3.05, 3.63) is 139 Å². The summed E-state index contributed by atoms with van der Waals surface area (Å²) in [6, 6.07) is 47.3. The molecule has 0 amide bonds. The van der Waals surface area contributed by atoms with Crippen LogP contribution in [0.1, 0.15) is 31.9 Å². The van der Waals surface area contributed by atoms with Crippen LogP contribution in [-0.2, 0) is 5.41 Å². The second-order valence-electron chi connectivity index (χ2n) is 12.7. The van der Waals surface area contributed by atoms with Crippen LogP contribution in [0.4, 0.5) is 28.4 Å². The number of hydrogen-bond acceptors (Lipinski definition) is 2. The highest BCUT2D eigenvalue weighted by Crippen LogP contribution is 2.48. The number of aryl methyl sites for hydroxylation is 1. The molecule has 42 heavy (non-hydrogen) atoms. The molecule has 0 bridgehead atoms. The molecule has 0 saturated carbocycles. The van der Waals surface area contributed by atoms with Gasteiger partial charge in [-0.15, -0.1) is 0 Å². The Morgan fingerprint density at radius 1 is 0.548 bits per heavy atom. The molecule has 2 aliphatic rings. The average Bonchev–Trinajstić information content (AvgIpc) is 3.01. The fourth-order valence-electron chi connectivity index (χ4n) is 7.28. The summed E-state index contributed by atoms with van der Waals surface area (Å²) in [7, 11) is 0. The minimum absolute atomic E-state index is 0.0554. The summed E-state index contributed by atoms with van der Waals surface area (Å²) < 4.78 is 0. The van der Waals surface area contributed by atoms with Gasteiger partial charge in [-0.1, -0.05) is 117 Å². The molecule has 0 aliphatic carbocycles. The number of benzene rings is 6. The Bertz CT molecular complexity index is 2000. The second kappa shape index (κ2) is 9.12. The molecule has 0 unspecified atom stereocenters. The molecule has 2 nitrogen and oxygen atoms in total. The van der Waals surface area contributed by atoms with Crippen LogP contribution in [0.2, 0.25) is 0 Å². The maximum atomic E-state index is 2.56. The second-order valence-corrected chi connectivity index (χ2v) is 12.7. The van der Waals surface area contributed by atoms with Crippen LogP contribution >= 0.6 is 0 Å². The molecule has 0 spiro atoms. The molecule has 3 heteroatoms. The van der Waals surface area contributed by atoms with Crippen LogP contribution in [0.5, 0.6) is 0 Å². The Morgan fingerprint density at radius 3 is 2.02 bits per heavy atom. The summed E-state index contributed by atoms with van der Waals surface area (Å²) in [6.07, 6.45) is 0. The number of fused-ring (bicyclic) bond motifs is 5. The highest BCUT2D eigenvalue weighted by Gasteiger charge is 2.45. The van der Waals surface area contributed by atoms with Crippen molar-refractivity contribution in [2.75, 3.05) is 9.71 Å². The zero-order valence-corrected chi connectivity index (χ0v) is 24.6. The molecular weight excluding hydrogens is 507 g/mol. The molecule has 0 saturated heterocycles. The highest BCUT2D eigenvalue weighted by atomic mass is 15.2. The monoisotopic (exact) mass is 540 g/mol. The van der Waals surface area contributed by atoms with Crippen LogP contribution in [0.15, 0.2) is 127 Å². The van der Waals surface area contributed by atoms with Gasteiger partial charge in [0, 0.05) is 28.3 Å². The van der Waals surface area contributed by atoms with Crippen molar-refractivity contribution in [3.63, 3.8) is 0 Å². The molecule has 0 radical (unpaired) electrons. The first-order chi connectivity index (χ1) is 20.4. The van der Waals surface area contributed by atoms with E-state index in [1.165, 1.54) is 72.4 Å². The Kier molecular flexibility index (Phi) is 5.43. The van der Waals surface area contributed by atoms with Crippen molar-refractivity contribution in [2.45, 2.75) is 33.1 Å². The third-order valence-corrected chi connectivity index (χ3v) is 8.99. The minimum atomic E-state index is -0.0582. The van der Waals surface area contributed by atoms with E-state index in [9.17, 15) is 0 Å². The van der Waals surface area contributed by atoms with Gasteiger partial charge in [-0.3, -0.25) is 0 Å². The first-order valence-electron chi connectivity index (χ1n) is 14.9. The Labute approximate surface area is 249 Å². The maximum Gasteiger partial charge on any atom is 0.333 e. The van der Waals surface area contributed by atoms with Gasteiger partial charge in [0.1, 0.15) is 0 Å².